The van der Waals surface area contributed by atoms with Crippen molar-refractivity contribution in [3.8, 4) is 0 Å². The van der Waals surface area contributed by atoms with Crippen LogP contribution in [0.15, 0.2) is 36.5 Å². The molecule has 0 unspecified atom stereocenters. The third kappa shape index (κ3) is 2.68. The molecule has 2 aromatic rings. The van der Waals surface area contributed by atoms with Gasteiger partial charge in [0.1, 0.15) is 5.69 Å². The first-order valence-electron chi connectivity index (χ1n) is 6.78. The van der Waals surface area contributed by atoms with E-state index in [1.807, 2.05) is 12.1 Å². The van der Waals surface area contributed by atoms with Crippen LogP contribution in [0.25, 0.3) is 0 Å². The summed E-state index contributed by atoms with van der Waals surface area (Å²) < 4.78 is 0. The van der Waals surface area contributed by atoms with E-state index in [0.717, 1.165) is 18.5 Å². The molecule has 3 rings (SSSR count). The second kappa shape index (κ2) is 5.63. The summed E-state index contributed by atoms with van der Waals surface area (Å²) >= 11 is 5.89. The Labute approximate surface area is 123 Å². The molecule has 0 aliphatic heterocycles. The molecule has 0 saturated heterocycles. The van der Waals surface area contributed by atoms with Gasteiger partial charge in [0.2, 0.25) is 0 Å². The van der Waals surface area contributed by atoms with Crippen molar-refractivity contribution < 1.29 is 4.79 Å². The second-order valence-electron chi connectivity index (χ2n) is 4.96. The van der Waals surface area contributed by atoms with Gasteiger partial charge in [0.25, 0.3) is 5.91 Å². The smallest absolute Gasteiger partial charge is 0.274 e. The van der Waals surface area contributed by atoms with E-state index in [2.05, 4.69) is 16.4 Å². The molecule has 1 aliphatic carbocycles. The van der Waals surface area contributed by atoms with Gasteiger partial charge >= 0.3 is 0 Å². The second-order valence-corrected chi connectivity index (χ2v) is 5.40. The topological polar surface area (TPSA) is 42.0 Å². The lowest BCUT2D eigenvalue weighted by Crippen LogP contribution is -2.16. The van der Waals surface area contributed by atoms with Gasteiger partial charge < -0.3 is 5.32 Å². The fourth-order valence-corrected chi connectivity index (χ4v) is 2.77. The number of carbonyl (C=O) groups is 1. The average Bonchev–Trinajstić information content (AvgIpc) is 2.47. The van der Waals surface area contributed by atoms with Gasteiger partial charge in [-0.25, -0.2) is 0 Å². The number of aryl methyl sites for hydroxylation is 1. The van der Waals surface area contributed by atoms with E-state index >= 15 is 0 Å². The molecule has 0 radical (unpaired) electrons. The lowest BCUT2D eigenvalue weighted by Gasteiger charge is -2.19. The Kier molecular flexibility index (Phi) is 3.70. The molecule has 1 heterocycles. The molecule has 20 heavy (non-hydrogen) atoms. The maximum absolute atomic E-state index is 12.2. The SMILES string of the molecule is O=C(Nc1cccc2c1CCCC2)c1cc(Cl)ccn1. The van der Waals surface area contributed by atoms with Gasteiger partial charge in [-0.05, 0) is 55.0 Å². The number of aromatic nitrogens is 1. The highest BCUT2D eigenvalue weighted by Gasteiger charge is 2.15. The van der Waals surface area contributed by atoms with Gasteiger partial charge in [0, 0.05) is 16.9 Å². The van der Waals surface area contributed by atoms with Crippen LogP contribution in [0.2, 0.25) is 5.02 Å². The normalized spacial score (nSPS) is 13.7. The Bertz CT molecular complexity index is 655. The maximum atomic E-state index is 12.2. The van der Waals surface area contributed by atoms with Crippen LogP contribution in [-0.2, 0) is 12.8 Å². The van der Waals surface area contributed by atoms with E-state index in [1.54, 1.807) is 12.1 Å². The highest BCUT2D eigenvalue weighted by atomic mass is 35.5. The van der Waals surface area contributed by atoms with Crippen molar-refractivity contribution in [1.82, 2.24) is 4.98 Å². The Morgan fingerprint density at radius 1 is 1.20 bits per heavy atom. The molecular weight excluding hydrogens is 272 g/mol. The van der Waals surface area contributed by atoms with Crippen LogP contribution in [0.1, 0.15) is 34.5 Å². The first-order chi connectivity index (χ1) is 9.74. The Morgan fingerprint density at radius 2 is 2.05 bits per heavy atom. The van der Waals surface area contributed by atoms with Crippen LogP contribution >= 0.6 is 11.6 Å². The summed E-state index contributed by atoms with van der Waals surface area (Å²) in [6.45, 7) is 0. The monoisotopic (exact) mass is 286 g/mol. The zero-order chi connectivity index (χ0) is 13.9. The third-order valence-corrected chi connectivity index (χ3v) is 3.83. The summed E-state index contributed by atoms with van der Waals surface area (Å²) in [6, 6.07) is 9.31. The highest BCUT2D eigenvalue weighted by Crippen LogP contribution is 2.28. The summed E-state index contributed by atoms with van der Waals surface area (Å²) in [6.07, 6.45) is 6.05. The van der Waals surface area contributed by atoms with Gasteiger partial charge in [-0.3, -0.25) is 9.78 Å². The number of amides is 1. The van der Waals surface area contributed by atoms with Crippen molar-refractivity contribution in [2.45, 2.75) is 25.7 Å². The molecule has 0 atom stereocenters. The van der Waals surface area contributed by atoms with E-state index in [9.17, 15) is 4.79 Å². The number of pyridine rings is 1. The van der Waals surface area contributed by atoms with Crippen molar-refractivity contribution in [2.75, 3.05) is 5.32 Å². The molecule has 0 bridgehead atoms. The first kappa shape index (κ1) is 13.1. The zero-order valence-electron chi connectivity index (χ0n) is 11.0. The number of hydrogen-bond donors (Lipinski definition) is 1. The van der Waals surface area contributed by atoms with Gasteiger partial charge in [-0.15, -0.1) is 0 Å². The van der Waals surface area contributed by atoms with E-state index in [0.29, 0.717) is 10.7 Å². The number of benzene rings is 1. The van der Waals surface area contributed by atoms with Crippen molar-refractivity contribution in [2.24, 2.45) is 0 Å². The van der Waals surface area contributed by atoms with Crippen LogP contribution in [0.3, 0.4) is 0 Å². The summed E-state index contributed by atoms with van der Waals surface area (Å²) in [7, 11) is 0. The summed E-state index contributed by atoms with van der Waals surface area (Å²) in [5.74, 6) is -0.216. The molecule has 102 valence electrons. The maximum Gasteiger partial charge on any atom is 0.274 e. The Morgan fingerprint density at radius 3 is 2.90 bits per heavy atom. The minimum atomic E-state index is -0.216. The minimum absolute atomic E-state index is 0.216. The molecule has 1 amide bonds. The summed E-state index contributed by atoms with van der Waals surface area (Å²) in [5.41, 5.74) is 3.84. The van der Waals surface area contributed by atoms with Crippen LogP contribution in [0.4, 0.5) is 5.69 Å². The predicted molar refractivity (Wildman–Crippen MR) is 80.3 cm³/mol. The van der Waals surface area contributed by atoms with E-state index in [4.69, 9.17) is 11.6 Å². The van der Waals surface area contributed by atoms with Gasteiger partial charge in [-0.2, -0.15) is 0 Å². The number of nitrogens with one attached hydrogen (secondary N) is 1. The van der Waals surface area contributed by atoms with E-state index in [-0.39, 0.29) is 5.91 Å². The molecule has 1 aromatic heterocycles. The third-order valence-electron chi connectivity index (χ3n) is 3.60. The fraction of sp³-hybridized carbons (Fsp3) is 0.250. The lowest BCUT2D eigenvalue weighted by atomic mass is 9.90. The molecule has 4 heteroatoms. The number of carbonyl (C=O) groups excluding carboxylic acids is 1. The molecule has 3 nitrogen and oxygen atoms in total. The van der Waals surface area contributed by atoms with E-state index < -0.39 is 0 Å². The number of halogens is 1. The van der Waals surface area contributed by atoms with Crippen LogP contribution in [0, 0.1) is 0 Å². The van der Waals surface area contributed by atoms with Crippen LogP contribution in [-0.4, -0.2) is 10.9 Å². The van der Waals surface area contributed by atoms with Crippen molar-refractivity contribution in [3.05, 3.63) is 58.4 Å². The standard InChI is InChI=1S/C16H15ClN2O/c17-12-8-9-18-15(10-12)16(20)19-14-7-3-5-11-4-1-2-6-13(11)14/h3,5,7-10H,1-2,4,6H2,(H,19,20). The fourth-order valence-electron chi connectivity index (χ4n) is 2.61. The molecule has 0 saturated carbocycles. The average molecular weight is 287 g/mol. The van der Waals surface area contributed by atoms with Crippen LogP contribution in [0.5, 0.6) is 0 Å². The number of fused-ring (bicyclic) bond motifs is 1. The van der Waals surface area contributed by atoms with Gasteiger partial charge in [-0.1, -0.05) is 23.7 Å². The highest BCUT2D eigenvalue weighted by molar-refractivity contribution is 6.30. The molecule has 1 aromatic carbocycles. The predicted octanol–water partition coefficient (Wildman–Crippen LogP) is 3.87. The quantitative estimate of drug-likeness (QED) is 0.911. The summed E-state index contributed by atoms with van der Waals surface area (Å²) in [5, 5.41) is 3.47. The van der Waals surface area contributed by atoms with Gasteiger partial charge in [0.05, 0.1) is 0 Å². The van der Waals surface area contributed by atoms with E-state index in [1.165, 1.54) is 30.2 Å². The number of hydrogen-bond acceptors (Lipinski definition) is 2. The zero-order valence-corrected chi connectivity index (χ0v) is 11.8. The first-order valence-corrected chi connectivity index (χ1v) is 7.15. The van der Waals surface area contributed by atoms with Gasteiger partial charge in [0.15, 0.2) is 0 Å². The minimum Gasteiger partial charge on any atom is -0.320 e. The molecule has 1 N–H and O–H groups in total. The number of anilines is 1. The van der Waals surface area contributed by atoms with Crippen molar-refractivity contribution >= 4 is 23.2 Å². The number of rotatable bonds is 2. The molecule has 0 spiro atoms. The molecule has 0 fully saturated rings. The molecular formula is C16H15ClN2O. The number of nitrogens with zero attached hydrogens (tertiary/aromatic N) is 1. The Balaban J connectivity index is 1.86. The lowest BCUT2D eigenvalue weighted by molar-refractivity contribution is 0.102. The Hall–Kier alpha value is -1.87. The van der Waals surface area contributed by atoms with Crippen molar-refractivity contribution in [3.63, 3.8) is 0 Å². The van der Waals surface area contributed by atoms with Crippen LogP contribution < -0.4 is 5.32 Å². The largest absolute Gasteiger partial charge is 0.320 e. The summed E-state index contributed by atoms with van der Waals surface area (Å²) in [4.78, 5) is 16.3. The molecule has 1 aliphatic rings. The van der Waals surface area contributed by atoms with Crippen molar-refractivity contribution in [1.29, 1.82) is 0 Å².